The number of nitro benzene ring substituents is 1. The highest BCUT2D eigenvalue weighted by Crippen LogP contribution is 2.30. The monoisotopic (exact) mass is 407 g/mol. The Labute approximate surface area is 162 Å². The Morgan fingerprint density at radius 3 is 2.69 bits per heavy atom. The molecule has 0 bridgehead atoms. The minimum absolute atomic E-state index is 0.0316. The van der Waals surface area contributed by atoms with E-state index < -0.39 is 47.4 Å². The normalized spacial score (nSPS) is 21.0. The maximum Gasteiger partial charge on any atom is 0.514 e. The fraction of sp³-hybridized carbons (Fsp3) is 0.353. The number of aromatic amines is 1. The number of nitrogens with one attached hydrogen (secondary N) is 1. The molecule has 3 rings (SSSR count). The molecule has 154 valence electrons. The summed E-state index contributed by atoms with van der Waals surface area (Å²) in [6, 6.07) is 4.80. The fourth-order valence-corrected chi connectivity index (χ4v) is 2.84. The van der Waals surface area contributed by atoms with Gasteiger partial charge in [-0.1, -0.05) is 0 Å². The van der Waals surface area contributed by atoms with E-state index in [-0.39, 0.29) is 23.4 Å². The molecule has 1 saturated heterocycles. The first kappa shape index (κ1) is 20.2. The molecule has 29 heavy (non-hydrogen) atoms. The van der Waals surface area contributed by atoms with E-state index in [0.29, 0.717) is 0 Å². The predicted octanol–water partition coefficient (Wildman–Crippen LogP) is 0.617. The summed E-state index contributed by atoms with van der Waals surface area (Å²) >= 11 is 0. The van der Waals surface area contributed by atoms with Gasteiger partial charge in [0.15, 0.2) is 0 Å². The number of aliphatic hydroxyl groups excluding tert-OH is 1. The third-order valence-electron chi connectivity index (χ3n) is 4.31. The number of nitro groups is 1. The lowest BCUT2D eigenvalue weighted by Gasteiger charge is -2.16. The van der Waals surface area contributed by atoms with Gasteiger partial charge in [0.1, 0.15) is 24.2 Å². The van der Waals surface area contributed by atoms with E-state index in [1.54, 1.807) is 0 Å². The highest BCUT2D eigenvalue weighted by atomic mass is 16.7. The second kappa shape index (κ2) is 8.24. The molecule has 0 saturated carbocycles. The molecular weight excluding hydrogens is 390 g/mol. The second-order valence-corrected chi connectivity index (χ2v) is 6.29. The highest BCUT2D eigenvalue weighted by molar-refractivity contribution is 5.64. The number of carbonyl (C=O) groups is 1. The number of H-pyrrole nitrogens is 1. The summed E-state index contributed by atoms with van der Waals surface area (Å²) in [7, 11) is 0. The quantitative estimate of drug-likeness (QED) is 0.313. The SMILES string of the molecule is Cc1cn([C@H]2C[C@H](OC(=O)Oc3ccc([N+](=O)[O-])cc3)[C@@H](CO)O2)c(=O)[nH]c1=O. The average Bonchev–Trinajstić information content (AvgIpc) is 3.07. The molecule has 1 aliphatic rings. The van der Waals surface area contributed by atoms with Crippen LogP contribution in [0, 0.1) is 17.0 Å². The van der Waals surface area contributed by atoms with Crippen molar-refractivity contribution in [2.24, 2.45) is 0 Å². The molecule has 3 atom stereocenters. The van der Waals surface area contributed by atoms with Crippen molar-refractivity contribution in [3.05, 3.63) is 67.0 Å². The van der Waals surface area contributed by atoms with Crippen LogP contribution in [0.5, 0.6) is 5.75 Å². The number of aromatic nitrogens is 2. The number of ether oxygens (including phenoxy) is 3. The van der Waals surface area contributed by atoms with E-state index in [4.69, 9.17) is 14.2 Å². The summed E-state index contributed by atoms with van der Waals surface area (Å²) in [5.74, 6) is 0.0316. The van der Waals surface area contributed by atoms with Gasteiger partial charge in [-0.05, 0) is 19.1 Å². The zero-order valence-corrected chi connectivity index (χ0v) is 15.1. The van der Waals surface area contributed by atoms with E-state index in [1.807, 2.05) is 0 Å². The largest absolute Gasteiger partial charge is 0.514 e. The number of non-ortho nitro benzene ring substituents is 1. The molecule has 12 heteroatoms. The molecule has 0 unspecified atom stereocenters. The van der Waals surface area contributed by atoms with Crippen LogP contribution in [0.2, 0.25) is 0 Å². The van der Waals surface area contributed by atoms with Crippen LogP contribution in [0.25, 0.3) is 0 Å². The Balaban J connectivity index is 1.68. The number of nitrogens with zero attached hydrogens (tertiary/aromatic N) is 2. The average molecular weight is 407 g/mol. The van der Waals surface area contributed by atoms with Gasteiger partial charge in [-0.3, -0.25) is 24.5 Å². The molecule has 0 spiro atoms. The van der Waals surface area contributed by atoms with Crippen molar-refractivity contribution in [3.63, 3.8) is 0 Å². The minimum Gasteiger partial charge on any atom is -0.428 e. The summed E-state index contributed by atoms with van der Waals surface area (Å²) in [6.45, 7) is 1.03. The van der Waals surface area contributed by atoms with Gasteiger partial charge in [-0.25, -0.2) is 9.59 Å². The maximum atomic E-state index is 12.0. The van der Waals surface area contributed by atoms with Crippen molar-refractivity contribution in [1.29, 1.82) is 0 Å². The van der Waals surface area contributed by atoms with Crippen molar-refractivity contribution in [2.75, 3.05) is 6.61 Å². The Bertz CT molecular complexity index is 1030. The van der Waals surface area contributed by atoms with Crippen molar-refractivity contribution >= 4 is 11.8 Å². The number of aryl methyl sites for hydroxylation is 1. The zero-order chi connectivity index (χ0) is 21.1. The van der Waals surface area contributed by atoms with Gasteiger partial charge in [0.2, 0.25) is 0 Å². The number of rotatable bonds is 5. The summed E-state index contributed by atoms with van der Waals surface area (Å²) in [4.78, 5) is 47.7. The fourth-order valence-electron chi connectivity index (χ4n) is 2.84. The molecule has 1 aliphatic heterocycles. The number of aliphatic hydroxyl groups is 1. The van der Waals surface area contributed by atoms with Crippen LogP contribution in [0.15, 0.2) is 40.1 Å². The Hall–Kier alpha value is -3.51. The molecule has 1 fully saturated rings. The van der Waals surface area contributed by atoms with Gasteiger partial charge in [0.25, 0.3) is 11.2 Å². The Morgan fingerprint density at radius 2 is 2.07 bits per heavy atom. The first-order valence-electron chi connectivity index (χ1n) is 8.49. The van der Waals surface area contributed by atoms with Gasteiger partial charge in [0.05, 0.1) is 11.5 Å². The van der Waals surface area contributed by atoms with Crippen molar-refractivity contribution < 1.29 is 29.0 Å². The van der Waals surface area contributed by atoms with Crippen LogP contribution in [-0.4, -0.2) is 44.6 Å². The molecule has 2 N–H and O–H groups in total. The van der Waals surface area contributed by atoms with Crippen LogP contribution in [0.4, 0.5) is 10.5 Å². The third kappa shape index (κ3) is 4.50. The van der Waals surface area contributed by atoms with Crippen molar-refractivity contribution in [2.45, 2.75) is 31.8 Å². The van der Waals surface area contributed by atoms with Gasteiger partial charge in [-0.2, -0.15) is 0 Å². The number of hydrogen-bond donors (Lipinski definition) is 2. The standard InChI is InChI=1S/C17H17N3O9/c1-9-7-19(16(23)18-15(9)22)14-6-12(13(8-21)28-14)29-17(24)27-11-4-2-10(3-5-11)20(25)26/h2-5,7,12-14,21H,6,8H2,1H3,(H,18,22,23)/t12-,13+,14+/m0/s1. The third-order valence-corrected chi connectivity index (χ3v) is 4.31. The smallest absolute Gasteiger partial charge is 0.428 e. The highest BCUT2D eigenvalue weighted by Gasteiger charge is 2.39. The Morgan fingerprint density at radius 1 is 1.38 bits per heavy atom. The molecule has 0 amide bonds. The second-order valence-electron chi connectivity index (χ2n) is 6.29. The molecule has 2 aromatic rings. The topological polar surface area (TPSA) is 163 Å². The van der Waals surface area contributed by atoms with Crippen LogP contribution >= 0.6 is 0 Å². The first-order chi connectivity index (χ1) is 13.8. The molecule has 1 aromatic heterocycles. The molecular formula is C17H17N3O9. The van der Waals surface area contributed by atoms with Gasteiger partial charge in [-0.15, -0.1) is 0 Å². The summed E-state index contributed by atoms with van der Waals surface area (Å²) in [5.41, 5.74) is -1.10. The van der Waals surface area contributed by atoms with Gasteiger partial charge >= 0.3 is 11.8 Å². The summed E-state index contributed by atoms with van der Waals surface area (Å²) in [6.07, 6.45) is -2.45. The Kier molecular flexibility index (Phi) is 5.75. The van der Waals surface area contributed by atoms with Crippen LogP contribution in [0.3, 0.4) is 0 Å². The first-order valence-corrected chi connectivity index (χ1v) is 8.49. The lowest BCUT2D eigenvalue weighted by Crippen LogP contribution is -2.33. The molecule has 1 aromatic carbocycles. The predicted molar refractivity (Wildman–Crippen MR) is 95.7 cm³/mol. The minimum atomic E-state index is -1.10. The van der Waals surface area contributed by atoms with E-state index in [1.165, 1.54) is 37.4 Å². The maximum absolute atomic E-state index is 12.0. The lowest BCUT2D eigenvalue weighted by molar-refractivity contribution is -0.384. The van der Waals surface area contributed by atoms with Crippen LogP contribution < -0.4 is 16.0 Å². The zero-order valence-electron chi connectivity index (χ0n) is 15.1. The van der Waals surface area contributed by atoms with E-state index in [2.05, 4.69) is 4.98 Å². The van der Waals surface area contributed by atoms with E-state index >= 15 is 0 Å². The summed E-state index contributed by atoms with van der Waals surface area (Å²) in [5, 5.41) is 20.1. The summed E-state index contributed by atoms with van der Waals surface area (Å²) < 4.78 is 16.8. The van der Waals surface area contributed by atoms with E-state index in [9.17, 15) is 29.6 Å². The molecule has 2 heterocycles. The van der Waals surface area contributed by atoms with E-state index in [0.717, 1.165) is 4.57 Å². The lowest BCUT2D eigenvalue weighted by atomic mass is 10.2. The van der Waals surface area contributed by atoms with Crippen LogP contribution in [-0.2, 0) is 9.47 Å². The molecule has 0 radical (unpaired) electrons. The molecule has 12 nitrogen and oxygen atoms in total. The van der Waals surface area contributed by atoms with Crippen LogP contribution in [0.1, 0.15) is 18.2 Å². The number of hydrogen-bond acceptors (Lipinski definition) is 9. The molecule has 0 aliphatic carbocycles. The number of benzene rings is 1. The van der Waals surface area contributed by atoms with Gasteiger partial charge < -0.3 is 19.3 Å². The van der Waals surface area contributed by atoms with Crippen molar-refractivity contribution in [3.8, 4) is 5.75 Å². The number of carbonyl (C=O) groups excluding carboxylic acids is 1. The van der Waals surface area contributed by atoms with Crippen molar-refractivity contribution in [1.82, 2.24) is 9.55 Å². The van der Waals surface area contributed by atoms with Gasteiger partial charge in [0, 0.05) is 30.3 Å².